The van der Waals surface area contributed by atoms with Crippen molar-refractivity contribution in [3.05, 3.63) is 0 Å². The van der Waals surface area contributed by atoms with Crippen molar-refractivity contribution in [1.29, 1.82) is 0 Å². The number of urea groups is 1. The number of rotatable bonds is 8. The summed E-state index contributed by atoms with van der Waals surface area (Å²) < 4.78 is 0. The first kappa shape index (κ1) is 16.8. The van der Waals surface area contributed by atoms with Gasteiger partial charge < -0.3 is 10.4 Å². The van der Waals surface area contributed by atoms with Crippen molar-refractivity contribution < 1.29 is 19.5 Å². The van der Waals surface area contributed by atoms with Gasteiger partial charge in [-0.1, -0.05) is 13.8 Å². The highest BCUT2D eigenvalue weighted by molar-refractivity contribution is 7.99. The number of carbonyl (C=O) groups excluding carboxylic acids is 2. The van der Waals surface area contributed by atoms with E-state index < -0.39 is 17.9 Å². The molecule has 0 aromatic heterocycles. The molecule has 18 heavy (non-hydrogen) atoms. The topological polar surface area (TPSA) is 95.5 Å². The van der Waals surface area contributed by atoms with Crippen LogP contribution in [0.4, 0.5) is 4.79 Å². The predicted octanol–water partition coefficient (Wildman–Crippen LogP) is 1.07. The molecule has 6 nitrogen and oxygen atoms in total. The molecule has 0 rings (SSSR count). The summed E-state index contributed by atoms with van der Waals surface area (Å²) in [5.41, 5.74) is 0. The average molecular weight is 276 g/mol. The van der Waals surface area contributed by atoms with E-state index in [-0.39, 0.29) is 12.2 Å². The molecule has 104 valence electrons. The fourth-order valence-electron chi connectivity index (χ4n) is 1.01. The summed E-state index contributed by atoms with van der Waals surface area (Å²) in [6, 6.07) is -0.500. The molecule has 0 aromatic rings. The van der Waals surface area contributed by atoms with Crippen molar-refractivity contribution in [2.45, 2.75) is 26.7 Å². The van der Waals surface area contributed by atoms with Gasteiger partial charge in [0.05, 0.1) is 12.2 Å². The van der Waals surface area contributed by atoms with Crippen molar-refractivity contribution in [1.82, 2.24) is 10.6 Å². The van der Waals surface area contributed by atoms with Crippen molar-refractivity contribution in [2.24, 2.45) is 5.92 Å². The zero-order valence-electron chi connectivity index (χ0n) is 10.7. The second-order valence-corrected chi connectivity index (χ2v) is 5.29. The van der Waals surface area contributed by atoms with Gasteiger partial charge in [0.25, 0.3) is 0 Å². The zero-order chi connectivity index (χ0) is 14.0. The predicted molar refractivity (Wildman–Crippen MR) is 70.6 cm³/mol. The van der Waals surface area contributed by atoms with Crippen LogP contribution in [0.25, 0.3) is 0 Å². The number of amides is 3. The summed E-state index contributed by atoms with van der Waals surface area (Å²) in [6.07, 6.45) is 0.869. The number of nitrogens with one attached hydrogen (secondary N) is 2. The number of carboxylic acid groups (broad SMARTS) is 1. The fourth-order valence-corrected chi connectivity index (χ4v) is 1.73. The third kappa shape index (κ3) is 11.3. The van der Waals surface area contributed by atoms with E-state index in [1.165, 1.54) is 11.8 Å². The molecular weight excluding hydrogens is 256 g/mol. The molecule has 0 bridgehead atoms. The van der Waals surface area contributed by atoms with Gasteiger partial charge in [0.2, 0.25) is 5.91 Å². The minimum absolute atomic E-state index is 0.0124. The van der Waals surface area contributed by atoms with Gasteiger partial charge in [0, 0.05) is 12.3 Å². The largest absolute Gasteiger partial charge is 0.481 e. The van der Waals surface area contributed by atoms with E-state index in [0.29, 0.717) is 18.2 Å². The lowest BCUT2D eigenvalue weighted by Crippen LogP contribution is -2.40. The molecule has 0 radical (unpaired) electrons. The van der Waals surface area contributed by atoms with Gasteiger partial charge in [0.15, 0.2) is 0 Å². The standard InChI is InChI=1S/C11H20N2O4S/c1-8(2)3-5-12-11(17)13-9(14)7-18-6-4-10(15)16/h8H,3-7H2,1-2H3,(H,15,16)(H2,12,13,14,17). The lowest BCUT2D eigenvalue weighted by Gasteiger charge is -2.07. The van der Waals surface area contributed by atoms with Gasteiger partial charge in [-0.25, -0.2) is 4.79 Å². The summed E-state index contributed by atoms with van der Waals surface area (Å²) in [5, 5.41) is 13.2. The summed E-state index contributed by atoms with van der Waals surface area (Å²) >= 11 is 1.19. The Morgan fingerprint density at radius 1 is 1.28 bits per heavy atom. The lowest BCUT2D eigenvalue weighted by molar-refractivity contribution is -0.136. The lowest BCUT2D eigenvalue weighted by atomic mass is 10.1. The van der Waals surface area contributed by atoms with Crippen LogP contribution in [-0.2, 0) is 9.59 Å². The first-order chi connectivity index (χ1) is 8.41. The number of imide groups is 1. The van der Waals surface area contributed by atoms with E-state index in [1.54, 1.807) is 0 Å². The Balaban J connectivity index is 3.55. The van der Waals surface area contributed by atoms with Crippen LogP contribution in [0.3, 0.4) is 0 Å². The highest BCUT2D eigenvalue weighted by atomic mass is 32.2. The van der Waals surface area contributed by atoms with Crippen LogP contribution in [0, 0.1) is 5.92 Å². The van der Waals surface area contributed by atoms with Crippen molar-refractivity contribution >= 4 is 29.7 Å². The van der Waals surface area contributed by atoms with Gasteiger partial charge in [-0.15, -0.1) is 0 Å². The maximum Gasteiger partial charge on any atom is 0.321 e. The molecule has 3 amide bonds. The Kier molecular flexibility index (Phi) is 9.08. The summed E-state index contributed by atoms with van der Waals surface area (Å²) in [4.78, 5) is 32.7. The van der Waals surface area contributed by atoms with E-state index in [9.17, 15) is 14.4 Å². The number of carboxylic acids is 1. The van der Waals surface area contributed by atoms with Crippen LogP contribution in [0.15, 0.2) is 0 Å². The molecule has 0 aliphatic carbocycles. The number of hydrogen-bond donors (Lipinski definition) is 3. The van der Waals surface area contributed by atoms with Crippen LogP contribution < -0.4 is 10.6 Å². The summed E-state index contributed by atoms with van der Waals surface area (Å²) in [5.74, 6) is -0.364. The van der Waals surface area contributed by atoms with Crippen molar-refractivity contribution in [3.8, 4) is 0 Å². The Labute approximate surface area is 111 Å². The van der Waals surface area contributed by atoms with Gasteiger partial charge in [-0.3, -0.25) is 14.9 Å². The van der Waals surface area contributed by atoms with Crippen LogP contribution in [0.2, 0.25) is 0 Å². The van der Waals surface area contributed by atoms with E-state index in [4.69, 9.17) is 5.11 Å². The molecular formula is C11H20N2O4S. The number of thioether (sulfide) groups is 1. The van der Waals surface area contributed by atoms with Gasteiger partial charge in [-0.2, -0.15) is 11.8 Å². The van der Waals surface area contributed by atoms with E-state index >= 15 is 0 Å². The maximum atomic E-state index is 11.3. The molecule has 3 N–H and O–H groups in total. The minimum Gasteiger partial charge on any atom is -0.481 e. The monoisotopic (exact) mass is 276 g/mol. The van der Waals surface area contributed by atoms with E-state index in [2.05, 4.69) is 10.6 Å². The number of carbonyl (C=O) groups is 3. The Bertz CT molecular complexity index is 295. The Morgan fingerprint density at radius 3 is 2.50 bits per heavy atom. The molecule has 0 spiro atoms. The van der Waals surface area contributed by atoms with E-state index in [0.717, 1.165) is 6.42 Å². The highest BCUT2D eigenvalue weighted by Gasteiger charge is 2.07. The second-order valence-electron chi connectivity index (χ2n) is 4.18. The average Bonchev–Trinajstić information content (AvgIpc) is 2.23. The molecule has 0 atom stereocenters. The van der Waals surface area contributed by atoms with Crippen LogP contribution in [0.1, 0.15) is 26.7 Å². The fraction of sp³-hybridized carbons (Fsp3) is 0.727. The number of hydrogen-bond acceptors (Lipinski definition) is 4. The molecule has 0 fully saturated rings. The first-order valence-corrected chi connectivity index (χ1v) is 6.94. The highest BCUT2D eigenvalue weighted by Crippen LogP contribution is 2.01. The maximum absolute atomic E-state index is 11.3. The zero-order valence-corrected chi connectivity index (χ0v) is 11.5. The molecule has 0 saturated carbocycles. The van der Waals surface area contributed by atoms with Gasteiger partial charge in [0.1, 0.15) is 0 Å². The first-order valence-electron chi connectivity index (χ1n) is 5.79. The molecule has 0 aliphatic heterocycles. The molecule has 0 heterocycles. The Hall–Kier alpha value is -1.24. The van der Waals surface area contributed by atoms with Crippen LogP contribution in [-0.4, -0.2) is 41.1 Å². The van der Waals surface area contributed by atoms with Crippen LogP contribution >= 0.6 is 11.8 Å². The van der Waals surface area contributed by atoms with Gasteiger partial charge in [-0.05, 0) is 12.3 Å². The molecule has 7 heteroatoms. The summed E-state index contributed by atoms with van der Waals surface area (Å²) in [7, 11) is 0. The third-order valence-corrected chi connectivity index (χ3v) is 2.91. The van der Waals surface area contributed by atoms with Gasteiger partial charge >= 0.3 is 12.0 Å². The molecule has 0 saturated heterocycles. The molecule has 0 unspecified atom stereocenters. The Morgan fingerprint density at radius 2 is 1.94 bits per heavy atom. The normalized spacial score (nSPS) is 10.2. The second kappa shape index (κ2) is 9.76. The minimum atomic E-state index is -0.894. The van der Waals surface area contributed by atoms with E-state index in [1.807, 2.05) is 13.8 Å². The summed E-state index contributed by atoms with van der Waals surface area (Å²) in [6.45, 7) is 4.62. The quantitative estimate of drug-likeness (QED) is 0.576. The molecule has 0 aliphatic rings. The smallest absolute Gasteiger partial charge is 0.321 e. The molecule has 0 aromatic carbocycles. The third-order valence-electron chi connectivity index (χ3n) is 1.95. The van der Waals surface area contributed by atoms with Crippen molar-refractivity contribution in [3.63, 3.8) is 0 Å². The number of aliphatic carboxylic acids is 1. The SMILES string of the molecule is CC(C)CCNC(=O)NC(=O)CSCCC(=O)O. The van der Waals surface area contributed by atoms with Crippen LogP contribution in [0.5, 0.6) is 0 Å². The van der Waals surface area contributed by atoms with Crippen molar-refractivity contribution in [2.75, 3.05) is 18.1 Å².